The molecule has 0 radical (unpaired) electrons. The highest BCUT2D eigenvalue weighted by atomic mass is 32.2. The first-order chi connectivity index (χ1) is 13.2. The van der Waals surface area contributed by atoms with Crippen LogP contribution in [0.2, 0.25) is 0 Å². The van der Waals surface area contributed by atoms with Crippen molar-refractivity contribution in [1.82, 2.24) is 14.9 Å². The third kappa shape index (κ3) is 5.58. The molecule has 1 amide bonds. The first-order valence-corrected chi connectivity index (χ1v) is 11.1. The Labute approximate surface area is 166 Å². The van der Waals surface area contributed by atoms with Gasteiger partial charge in [0, 0.05) is 25.0 Å². The van der Waals surface area contributed by atoms with Crippen molar-refractivity contribution in [3.63, 3.8) is 0 Å². The lowest BCUT2D eigenvalue weighted by molar-refractivity contribution is -0.127. The number of nitrogens with one attached hydrogen (secondary N) is 1. The van der Waals surface area contributed by atoms with E-state index < -0.39 is 0 Å². The van der Waals surface area contributed by atoms with Crippen LogP contribution in [-0.2, 0) is 4.79 Å². The predicted molar refractivity (Wildman–Crippen MR) is 113 cm³/mol. The summed E-state index contributed by atoms with van der Waals surface area (Å²) in [4.78, 5) is 23.5. The monoisotopic (exact) mass is 386 g/mol. The van der Waals surface area contributed by atoms with Crippen molar-refractivity contribution in [1.29, 1.82) is 0 Å². The summed E-state index contributed by atoms with van der Waals surface area (Å²) in [7, 11) is 1.87. The number of carbonyl (C=O) groups excluding carboxylic acids is 1. The highest BCUT2D eigenvalue weighted by Gasteiger charge is 2.17. The number of thioether (sulfide) groups is 1. The fraction of sp³-hybridized carbons (Fsp3) is 0.571. The van der Waals surface area contributed by atoms with Crippen LogP contribution in [0.4, 0.5) is 5.82 Å². The Morgan fingerprint density at radius 3 is 2.78 bits per heavy atom. The van der Waals surface area contributed by atoms with Gasteiger partial charge in [-0.25, -0.2) is 9.97 Å². The Morgan fingerprint density at radius 1 is 1.22 bits per heavy atom. The highest BCUT2D eigenvalue weighted by Crippen LogP contribution is 2.27. The second-order valence-corrected chi connectivity index (χ2v) is 8.25. The largest absolute Gasteiger partial charge is 0.367 e. The number of fused-ring (bicyclic) bond motifs is 1. The molecule has 0 saturated heterocycles. The lowest BCUT2D eigenvalue weighted by Crippen LogP contribution is -2.29. The number of carbonyl (C=O) groups is 1. The molecule has 1 saturated carbocycles. The van der Waals surface area contributed by atoms with Gasteiger partial charge in [-0.05, 0) is 31.4 Å². The minimum Gasteiger partial charge on any atom is -0.367 e. The summed E-state index contributed by atoms with van der Waals surface area (Å²) >= 11 is 1.43. The number of para-hydroxylation sites is 1. The molecule has 1 fully saturated rings. The number of amides is 1. The maximum atomic E-state index is 12.3. The van der Waals surface area contributed by atoms with E-state index in [2.05, 4.69) is 23.3 Å². The van der Waals surface area contributed by atoms with Crippen LogP contribution in [0, 0.1) is 0 Å². The molecule has 1 aliphatic rings. The molecule has 0 bridgehead atoms. The van der Waals surface area contributed by atoms with E-state index in [9.17, 15) is 4.79 Å². The van der Waals surface area contributed by atoms with Crippen molar-refractivity contribution in [2.75, 3.05) is 24.7 Å². The van der Waals surface area contributed by atoms with E-state index in [1.54, 1.807) is 4.90 Å². The topological polar surface area (TPSA) is 58.1 Å². The molecule has 1 aromatic carbocycles. The Bertz CT molecular complexity index is 761. The maximum Gasteiger partial charge on any atom is 0.232 e. The van der Waals surface area contributed by atoms with Crippen LogP contribution in [0.15, 0.2) is 29.4 Å². The molecule has 27 heavy (non-hydrogen) atoms. The van der Waals surface area contributed by atoms with Crippen LogP contribution in [0.1, 0.15) is 51.9 Å². The number of hydrogen-bond acceptors (Lipinski definition) is 5. The van der Waals surface area contributed by atoms with Crippen LogP contribution >= 0.6 is 11.8 Å². The van der Waals surface area contributed by atoms with Crippen LogP contribution in [0.25, 0.3) is 10.9 Å². The molecule has 0 aliphatic heterocycles. The van der Waals surface area contributed by atoms with E-state index in [0.29, 0.717) is 17.0 Å². The zero-order chi connectivity index (χ0) is 19.1. The van der Waals surface area contributed by atoms with Gasteiger partial charge >= 0.3 is 0 Å². The normalized spacial score (nSPS) is 15.0. The minimum atomic E-state index is 0.131. The number of unbranched alkanes of at least 4 members (excludes halogenated alkanes) is 1. The first kappa shape index (κ1) is 19.9. The van der Waals surface area contributed by atoms with E-state index in [1.165, 1.54) is 43.9 Å². The predicted octanol–water partition coefficient (Wildman–Crippen LogP) is 4.73. The summed E-state index contributed by atoms with van der Waals surface area (Å²) in [6.07, 6.45) is 8.41. The molecule has 0 unspecified atom stereocenters. The van der Waals surface area contributed by atoms with Gasteiger partial charge in [-0.1, -0.05) is 56.5 Å². The van der Waals surface area contributed by atoms with Crippen molar-refractivity contribution >= 4 is 34.4 Å². The molecular formula is C21H30N4OS. The number of aromatic nitrogens is 2. The smallest absolute Gasteiger partial charge is 0.232 e. The zero-order valence-corrected chi connectivity index (χ0v) is 17.2. The summed E-state index contributed by atoms with van der Waals surface area (Å²) in [6.45, 7) is 2.94. The zero-order valence-electron chi connectivity index (χ0n) is 16.4. The van der Waals surface area contributed by atoms with E-state index >= 15 is 0 Å². The molecule has 1 N–H and O–H groups in total. The fourth-order valence-electron chi connectivity index (χ4n) is 3.43. The third-order valence-corrected chi connectivity index (χ3v) is 5.96. The van der Waals surface area contributed by atoms with Crippen LogP contribution in [0.5, 0.6) is 0 Å². The molecule has 2 aromatic rings. The number of benzene rings is 1. The minimum absolute atomic E-state index is 0.131. The molecule has 0 atom stereocenters. The molecular weight excluding hydrogens is 356 g/mol. The van der Waals surface area contributed by atoms with Crippen molar-refractivity contribution < 1.29 is 4.79 Å². The highest BCUT2D eigenvalue weighted by molar-refractivity contribution is 7.99. The van der Waals surface area contributed by atoms with Crippen molar-refractivity contribution in [2.45, 2.75) is 63.1 Å². The summed E-state index contributed by atoms with van der Waals surface area (Å²) in [5.41, 5.74) is 0.931. The average molecular weight is 387 g/mol. The van der Waals surface area contributed by atoms with Gasteiger partial charge in [0.15, 0.2) is 5.16 Å². The molecule has 6 heteroatoms. The maximum absolute atomic E-state index is 12.3. The van der Waals surface area contributed by atoms with E-state index in [0.717, 1.165) is 36.1 Å². The van der Waals surface area contributed by atoms with E-state index in [1.807, 2.05) is 25.2 Å². The van der Waals surface area contributed by atoms with Gasteiger partial charge in [0.2, 0.25) is 5.91 Å². The quantitative estimate of drug-likeness (QED) is 0.525. The Kier molecular flexibility index (Phi) is 7.33. The van der Waals surface area contributed by atoms with Gasteiger partial charge in [0.25, 0.3) is 0 Å². The summed E-state index contributed by atoms with van der Waals surface area (Å²) in [5, 5.41) is 5.37. The first-order valence-electron chi connectivity index (χ1n) is 10.1. The molecule has 1 aromatic heterocycles. The van der Waals surface area contributed by atoms with E-state index in [-0.39, 0.29) is 5.91 Å². The second kappa shape index (κ2) is 9.93. The van der Waals surface area contributed by atoms with Crippen molar-refractivity contribution in [2.24, 2.45) is 0 Å². The SMILES string of the molecule is CCCCN(C)C(=O)CSc1nc(NC2CCCCC2)c2ccccc2n1. The van der Waals surface area contributed by atoms with Crippen LogP contribution in [0.3, 0.4) is 0 Å². The standard InChI is InChI=1S/C21H30N4OS/c1-3-4-14-25(2)19(26)15-27-21-23-18-13-9-8-12-17(18)20(24-21)22-16-10-6-5-7-11-16/h8-9,12-13,16H,3-7,10-11,14-15H2,1-2H3,(H,22,23,24). The van der Waals surface area contributed by atoms with Crippen LogP contribution in [-0.4, -0.2) is 46.2 Å². The van der Waals surface area contributed by atoms with Gasteiger partial charge < -0.3 is 10.2 Å². The molecule has 1 aliphatic carbocycles. The van der Waals surface area contributed by atoms with Gasteiger partial charge in [-0.15, -0.1) is 0 Å². The van der Waals surface area contributed by atoms with Gasteiger partial charge in [-0.3, -0.25) is 4.79 Å². The van der Waals surface area contributed by atoms with Crippen LogP contribution < -0.4 is 5.32 Å². The number of rotatable bonds is 8. The number of anilines is 1. The molecule has 5 nitrogen and oxygen atoms in total. The summed E-state index contributed by atoms with van der Waals surface area (Å²) in [6, 6.07) is 8.59. The van der Waals surface area contributed by atoms with Crippen molar-refractivity contribution in [3.8, 4) is 0 Å². The fourth-order valence-corrected chi connectivity index (χ4v) is 4.22. The lowest BCUT2D eigenvalue weighted by Gasteiger charge is -2.24. The van der Waals surface area contributed by atoms with Crippen molar-refractivity contribution in [3.05, 3.63) is 24.3 Å². The third-order valence-electron chi connectivity index (χ3n) is 5.13. The summed E-state index contributed by atoms with van der Waals surface area (Å²) < 4.78 is 0. The average Bonchev–Trinajstić information content (AvgIpc) is 2.71. The molecule has 1 heterocycles. The second-order valence-electron chi connectivity index (χ2n) is 7.31. The number of nitrogens with zero attached hydrogens (tertiary/aromatic N) is 3. The van der Waals surface area contributed by atoms with Gasteiger partial charge in [-0.2, -0.15) is 0 Å². The molecule has 0 spiro atoms. The Hall–Kier alpha value is -1.82. The lowest BCUT2D eigenvalue weighted by atomic mass is 9.95. The Balaban J connectivity index is 1.72. The van der Waals surface area contributed by atoms with Gasteiger partial charge in [0.1, 0.15) is 5.82 Å². The summed E-state index contributed by atoms with van der Waals surface area (Å²) in [5.74, 6) is 1.41. The number of hydrogen-bond donors (Lipinski definition) is 1. The Morgan fingerprint density at radius 2 is 2.00 bits per heavy atom. The van der Waals surface area contributed by atoms with Gasteiger partial charge in [0.05, 0.1) is 11.3 Å². The molecule has 3 rings (SSSR count). The van der Waals surface area contributed by atoms with E-state index in [4.69, 9.17) is 4.98 Å². The molecule has 146 valence electrons.